The molecule has 1 atom stereocenters. The molecule has 0 radical (unpaired) electrons. The normalized spacial score (nSPS) is 16.5. The van der Waals surface area contributed by atoms with Crippen molar-refractivity contribution in [2.24, 2.45) is 0 Å². The minimum atomic E-state index is -0.213. The van der Waals surface area contributed by atoms with E-state index in [-0.39, 0.29) is 11.9 Å². The van der Waals surface area contributed by atoms with Crippen molar-refractivity contribution in [3.8, 4) is 0 Å². The lowest BCUT2D eigenvalue weighted by molar-refractivity contribution is 0.0168. The van der Waals surface area contributed by atoms with Gasteiger partial charge < -0.3 is 14.5 Å². The zero-order valence-corrected chi connectivity index (χ0v) is 16.6. The van der Waals surface area contributed by atoms with E-state index in [4.69, 9.17) is 20.8 Å². The van der Waals surface area contributed by atoms with Crippen LogP contribution in [-0.2, 0) is 4.74 Å². The summed E-state index contributed by atoms with van der Waals surface area (Å²) >= 11 is 7.91. The number of furan rings is 1. The van der Waals surface area contributed by atoms with Crippen LogP contribution in [0.15, 0.2) is 40.1 Å². The largest absolute Gasteiger partial charge is 0.449 e. The molecule has 3 aromatic rings. The van der Waals surface area contributed by atoms with Gasteiger partial charge in [-0.3, -0.25) is 9.69 Å². The number of aryl methyl sites for hydroxylation is 1. The van der Waals surface area contributed by atoms with E-state index in [1.807, 2.05) is 25.1 Å². The fraction of sp³-hybridized carbons (Fsp3) is 0.350. The molecule has 0 bridgehead atoms. The van der Waals surface area contributed by atoms with Crippen molar-refractivity contribution in [3.63, 3.8) is 0 Å². The summed E-state index contributed by atoms with van der Waals surface area (Å²) in [6.07, 6.45) is 0. The van der Waals surface area contributed by atoms with Crippen LogP contribution in [-0.4, -0.2) is 43.7 Å². The number of carbonyl (C=O) groups excluding carboxylic acids is 1. The second-order valence-corrected chi connectivity index (χ2v) is 7.95. The number of fused-ring (bicyclic) bond motifs is 1. The summed E-state index contributed by atoms with van der Waals surface area (Å²) in [5.74, 6) is 0.111. The summed E-state index contributed by atoms with van der Waals surface area (Å²) in [5.41, 5.74) is 1.37. The molecule has 1 saturated heterocycles. The zero-order valence-electron chi connectivity index (χ0n) is 15.0. The molecule has 0 saturated carbocycles. The molecule has 2 aromatic heterocycles. The van der Waals surface area contributed by atoms with E-state index in [2.05, 4.69) is 21.7 Å². The molecule has 7 heteroatoms. The Hall–Kier alpha value is -1.86. The second-order valence-electron chi connectivity index (χ2n) is 6.56. The number of nitrogens with zero attached hydrogens (tertiary/aromatic N) is 1. The van der Waals surface area contributed by atoms with E-state index in [0.717, 1.165) is 37.3 Å². The Balaban J connectivity index is 1.53. The molecule has 1 aliphatic heterocycles. The number of rotatable bonds is 5. The predicted octanol–water partition coefficient (Wildman–Crippen LogP) is 4.26. The van der Waals surface area contributed by atoms with Crippen LogP contribution in [0.1, 0.15) is 27.0 Å². The lowest BCUT2D eigenvalue weighted by atomic mass is 10.1. The van der Waals surface area contributed by atoms with Gasteiger partial charge in [0, 0.05) is 35.5 Å². The molecular weight excluding hydrogens is 384 g/mol. The summed E-state index contributed by atoms with van der Waals surface area (Å²) in [6, 6.07) is 9.83. The number of hydrogen-bond donors (Lipinski definition) is 1. The average Bonchev–Trinajstić information content (AvgIpc) is 3.32. The molecular formula is C20H21ClN2O3S. The van der Waals surface area contributed by atoms with Crippen LogP contribution in [0.3, 0.4) is 0 Å². The molecule has 5 nitrogen and oxygen atoms in total. The number of morpholine rings is 1. The van der Waals surface area contributed by atoms with Gasteiger partial charge in [-0.05, 0) is 24.4 Å². The van der Waals surface area contributed by atoms with E-state index >= 15 is 0 Å². The predicted molar refractivity (Wildman–Crippen MR) is 108 cm³/mol. The Morgan fingerprint density at radius 2 is 2.11 bits per heavy atom. The summed E-state index contributed by atoms with van der Waals surface area (Å²) in [6.45, 7) is 5.56. The lowest BCUT2D eigenvalue weighted by Gasteiger charge is -2.34. The molecule has 1 aliphatic rings. The second kappa shape index (κ2) is 8.02. The molecule has 0 aliphatic carbocycles. The van der Waals surface area contributed by atoms with E-state index in [1.54, 1.807) is 17.4 Å². The van der Waals surface area contributed by atoms with Crippen molar-refractivity contribution in [3.05, 3.63) is 56.9 Å². The van der Waals surface area contributed by atoms with Crippen LogP contribution in [0.4, 0.5) is 0 Å². The Morgan fingerprint density at radius 1 is 1.30 bits per heavy atom. The number of nitrogens with one attached hydrogen (secondary N) is 1. The number of para-hydroxylation sites is 1. The molecule has 1 amide bonds. The standard InChI is InChI=1S/C20H21ClN2O3S/c1-13-14-4-2-5-15(21)19(14)26-18(13)20(24)22-12-16(17-6-3-11-27-17)23-7-9-25-10-8-23/h2-6,11,16H,7-10,12H2,1H3,(H,22,24). The quantitative estimate of drug-likeness (QED) is 0.690. The molecule has 1 aromatic carbocycles. The van der Waals surface area contributed by atoms with Gasteiger partial charge in [-0.2, -0.15) is 0 Å². The van der Waals surface area contributed by atoms with Gasteiger partial charge in [-0.1, -0.05) is 29.8 Å². The van der Waals surface area contributed by atoms with Crippen molar-refractivity contribution >= 4 is 39.8 Å². The molecule has 142 valence electrons. The van der Waals surface area contributed by atoms with Gasteiger partial charge in [0.15, 0.2) is 11.3 Å². The Labute approximate surface area is 166 Å². The molecule has 0 spiro atoms. The third kappa shape index (κ3) is 3.75. The van der Waals surface area contributed by atoms with Crippen LogP contribution in [0.25, 0.3) is 11.0 Å². The van der Waals surface area contributed by atoms with Crippen molar-refractivity contribution < 1.29 is 13.9 Å². The van der Waals surface area contributed by atoms with Crippen molar-refractivity contribution in [1.82, 2.24) is 10.2 Å². The first-order chi connectivity index (χ1) is 13.1. The molecule has 1 unspecified atom stereocenters. The highest BCUT2D eigenvalue weighted by atomic mass is 35.5. The van der Waals surface area contributed by atoms with E-state index in [1.165, 1.54) is 4.88 Å². The highest BCUT2D eigenvalue weighted by Crippen LogP contribution is 2.31. The summed E-state index contributed by atoms with van der Waals surface area (Å²) in [5, 5.41) is 6.50. The Bertz CT molecular complexity index is 932. The number of carbonyl (C=O) groups is 1. The maximum atomic E-state index is 12.8. The SMILES string of the molecule is Cc1c(C(=O)NCC(c2cccs2)N2CCOCC2)oc2c(Cl)cccc12. The fourth-order valence-corrected chi connectivity index (χ4v) is 4.55. The number of halogens is 1. The first kappa shape index (κ1) is 18.5. The fourth-order valence-electron chi connectivity index (χ4n) is 3.47. The molecule has 27 heavy (non-hydrogen) atoms. The third-order valence-electron chi connectivity index (χ3n) is 4.94. The zero-order chi connectivity index (χ0) is 18.8. The first-order valence-corrected chi connectivity index (χ1v) is 10.2. The highest BCUT2D eigenvalue weighted by molar-refractivity contribution is 7.10. The van der Waals surface area contributed by atoms with E-state index in [0.29, 0.717) is 22.9 Å². The van der Waals surface area contributed by atoms with E-state index < -0.39 is 0 Å². The summed E-state index contributed by atoms with van der Waals surface area (Å²) < 4.78 is 11.3. The lowest BCUT2D eigenvalue weighted by Crippen LogP contribution is -2.43. The third-order valence-corrected chi connectivity index (χ3v) is 6.21. The van der Waals surface area contributed by atoms with Crippen molar-refractivity contribution in [2.75, 3.05) is 32.8 Å². The highest BCUT2D eigenvalue weighted by Gasteiger charge is 2.25. The van der Waals surface area contributed by atoms with Crippen molar-refractivity contribution in [1.29, 1.82) is 0 Å². The number of benzene rings is 1. The minimum absolute atomic E-state index is 0.131. The summed E-state index contributed by atoms with van der Waals surface area (Å²) in [4.78, 5) is 16.4. The van der Waals surface area contributed by atoms with Gasteiger partial charge in [0.05, 0.1) is 24.3 Å². The first-order valence-electron chi connectivity index (χ1n) is 8.96. The van der Waals surface area contributed by atoms with Gasteiger partial charge in [0.1, 0.15) is 0 Å². The smallest absolute Gasteiger partial charge is 0.287 e. The van der Waals surface area contributed by atoms with Crippen LogP contribution in [0, 0.1) is 6.92 Å². The van der Waals surface area contributed by atoms with Crippen LogP contribution in [0.5, 0.6) is 0 Å². The summed E-state index contributed by atoms with van der Waals surface area (Å²) in [7, 11) is 0. The number of hydrogen-bond acceptors (Lipinski definition) is 5. The molecule has 1 fully saturated rings. The maximum Gasteiger partial charge on any atom is 0.287 e. The van der Waals surface area contributed by atoms with Crippen LogP contribution < -0.4 is 5.32 Å². The average molecular weight is 405 g/mol. The van der Waals surface area contributed by atoms with Crippen LogP contribution in [0.2, 0.25) is 5.02 Å². The topological polar surface area (TPSA) is 54.7 Å². The molecule has 4 rings (SSSR count). The number of ether oxygens (including phenoxy) is 1. The van der Waals surface area contributed by atoms with Gasteiger partial charge in [0.2, 0.25) is 0 Å². The van der Waals surface area contributed by atoms with Crippen LogP contribution >= 0.6 is 22.9 Å². The van der Waals surface area contributed by atoms with Gasteiger partial charge >= 0.3 is 0 Å². The van der Waals surface area contributed by atoms with Gasteiger partial charge in [0.25, 0.3) is 5.91 Å². The van der Waals surface area contributed by atoms with Gasteiger partial charge in [-0.25, -0.2) is 0 Å². The number of amides is 1. The maximum absolute atomic E-state index is 12.8. The van der Waals surface area contributed by atoms with Gasteiger partial charge in [-0.15, -0.1) is 11.3 Å². The Morgan fingerprint density at radius 3 is 2.81 bits per heavy atom. The molecule has 1 N–H and O–H groups in total. The molecule has 3 heterocycles. The van der Waals surface area contributed by atoms with E-state index in [9.17, 15) is 4.79 Å². The number of thiophene rings is 1. The van der Waals surface area contributed by atoms with Crippen molar-refractivity contribution in [2.45, 2.75) is 13.0 Å². The Kier molecular flexibility index (Phi) is 5.50. The minimum Gasteiger partial charge on any atom is -0.449 e. The monoisotopic (exact) mass is 404 g/mol.